The molecule has 1 saturated carbocycles. The summed E-state index contributed by atoms with van der Waals surface area (Å²) in [6.07, 6.45) is 9.55. The van der Waals surface area contributed by atoms with Gasteiger partial charge in [0.15, 0.2) is 0 Å². The molecule has 2 atom stereocenters. The van der Waals surface area contributed by atoms with Crippen LogP contribution in [0.3, 0.4) is 0 Å². The topological polar surface area (TPSA) is 29.3 Å². The molecule has 1 aliphatic carbocycles. The van der Waals surface area contributed by atoms with Crippen LogP contribution in [0.1, 0.15) is 72.6 Å². The van der Waals surface area contributed by atoms with Crippen LogP contribution < -0.4 is 5.73 Å². The summed E-state index contributed by atoms with van der Waals surface area (Å²) < 4.78 is 0. The first kappa shape index (κ1) is 16.3. The van der Waals surface area contributed by atoms with E-state index in [1.54, 1.807) is 0 Å². The summed E-state index contributed by atoms with van der Waals surface area (Å²) in [5.41, 5.74) is 7.07. The molecule has 0 amide bonds. The second kappa shape index (κ2) is 6.36. The number of likely N-dealkylation sites (tertiary alicyclic amines) is 1. The summed E-state index contributed by atoms with van der Waals surface area (Å²) in [5, 5.41) is 0. The lowest BCUT2D eigenvalue weighted by atomic mass is 9.70. The van der Waals surface area contributed by atoms with Crippen molar-refractivity contribution in [1.29, 1.82) is 0 Å². The highest BCUT2D eigenvalue weighted by Gasteiger charge is 2.42. The zero-order chi connectivity index (χ0) is 14.8. The standard InChI is InChI=1S/C18H36N2/c1-5-15-7-6-10-18(13-15,14-19)20-11-8-16(9-12-20)17(2,3)4/h15-16H,5-14,19H2,1-4H3. The van der Waals surface area contributed by atoms with Gasteiger partial charge in [-0.15, -0.1) is 0 Å². The molecule has 0 radical (unpaired) electrons. The summed E-state index contributed by atoms with van der Waals surface area (Å²) in [7, 11) is 0. The Morgan fingerprint density at radius 1 is 1.15 bits per heavy atom. The predicted molar refractivity (Wildman–Crippen MR) is 87.8 cm³/mol. The minimum atomic E-state index is 0.335. The molecule has 1 heterocycles. The minimum Gasteiger partial charge on any atom is -0.329 e. The first-order chi connectivity index (χ1) is 9.41. The van der Waals surface area contributed by atoms with Crippen LogP contribution in [0.25, 0.3) is 0 Å². The van der Waals surface area contributed by atoms with Crippen molar-refractivity contribution in [3.05, 3.63) is 0 Å². The molecular formula is C18H36N2. The van der Waals surface area contributed by atoms with Crippen LogP contribution in [-0.2, 0) is 0 Å². The van der Waals surface area contributed by atoms with Crippen molar-refractivity contribution < 1.29 is 0 Å². The van der Waals surface area contributed by atoms with Crippen molar-refractivity contribution in [3.8, 4) is 0 Å². The van der Waals surface area contributed by atoms with Crippen LogP contribution in [0.2, 0.25) is 0 Å². The van der Waals surface area contributed by atoms with Gasteiger partial charge in [0.1, 0.15) is 0 Å². The summed E-state index contributed by atoms with van der Waals surface area (Å²) >= 11 is 0. The monoisotopic (exact) mass is 280 g/mol. The fraction of sp³-hybridized carbons (Fsp3) is 1.00. The maximum atomic E-state index is 6.26. The molecule has 2 N–H and O–H groups in total. The Morgan fingerprint density at radius 2 is 1.80 bits per heavy atom. The van der Waals surface area contributed by atoms with Crippen molar-refractivity contribution in [3.63, 3.8) is 0 Å². The Hall–Kier alpha value is -0.0800. The number of hydrogen-bond acceptors (Lipinski definition) is 2. The van der Waals surface area contributed by atoms with Crippen molar-refractivity contribution >= 4 is 0 Å². The molecule has 2 nitrogen and oxygen atoms in total. The van der Waals surface area contributed by atoms with Gasteiger partial charge in [-0.1, -0.05) is 47.0 Å². The van der Waals surface area contributed by atoms with Crippen LogP contribution in [0.5, 0.6) is 0 Å². The molecule has 118 valence electrons. The summed E-state index contributed by atoms with van der Waals surface area (Å²) in [4.78, 5) is 2.77. The Kier molecular flexibility index (Phi) is 5.18. The third-order valence-electron chi connectivity index (χ3n) is 6.27. The lowest BCUT2D eigenvalue weighted by Crippen LogP contribution is -2.58. The van der Waals surface area contributed by atoms with E-state index in [9.17, 15) is 0 Å². The van der Waals surface area contributed by atoms with E-state index in [4.69, 9.17) is 5.73 Å². The van der Waals surface area contributed by atoms with E-state index in [2.05, 4.69) is 32.6 Å². The third kappa shape index (κ3) is 3.39. The van der Waals surface area contributed by atoms with Crippen molar-refractivity contribution in [2.75, 3.05) is 19.6 Å². The maximum absolute atomic E-state index is 6.26. The van der Waals surface area contributed by atoms with Crippen LogP contribution in [0, 0.1) is 17.3 Å². The zero-order valence-corrected chi connectivity index (χ0v) is 14.3. The highest BCUT2D eigenvalue weighted by molar-refractivity contribution is 4.98. The van der Waals surface area contributed by atoms with Gasteiger partial charge in [-0.05, 0) is 56.0 Å². The number of piperidine rings is 1. The van der Waals surface area contributed by atoms with Crippen molar-refractivity contribution in [2.24, 2.45) is 23.0 Å². The van der Waals surface area contributed by atoms with E-state index < -0.39 is 0 Å². The van der Waals surface area contributed by atoms with Crippen LogP contribution in [0.4, 0.5) is 0 Å². The quantitative estimate of drug-likeness (QED) is 0.845. The Balaban J connectivity index is 1.99. The molecule has 1 saturated heterocycles. The molecule has 0 bridgehead atoms. The lowest BCUT2D eigenvalue weighted by Gasteiger charge is -2.51. The first-order valence-corrected chi connectivity index (χ1v) is 8.86. The van der Waals surface area contributed by atoms with Gasteiger partial charge in [0.2, 0.25) is 0 Å². The van der Waals surface area contributed by atoms with Gasteiger partial charge in [-0.2, -0.15) is 0 Å². The van der Waals surface area contributed by atoms with Gasteiger partial charge in [0, 0.05) is 12.1 Å². The molecule has 0 aromatic carbocycles. The second-order valence-corrected chi connectivity index (χ2v) is 8.43. The molecule has 2 rings (SSSR count). The van der Waals surface area contributed by atoms with Crippen molar-refractivity contribution in [1.82, 2.24) is 4.90 Å². The van der Waals surface area contributed by atoms with Gasteiger partial charge >= 0.3 is 0 Å². The molecule has 2 fully saturated rings. The zero-order valence-electron chi connectivity index (χ0n) is 14.3. The average Bonchev–Trinajstić information content (AvgIpc) is 2.46. The normalized spacial score (nSPS) is 34.4. The SMILES string of the molecule is CCC1CCCC(CN)(N2CCC(C(C)(C)C)CC2)C1. The first-order valence-electron chi connectivity index (χ1n) is 8.86. The number of nitrogens with two attached hydrogens (primary N) is 1. The summed E-state index contributed by atoms with van der Waals surface area (Å²) in [6, 6.07) is 0. The highest BCUT2D eigenvalue weighted by atomic mass is 15.2. The summed E-state index contributed by atoms with van der Waals surface area (Å²) in [6.45, 7) is 13.0. The Bertz CT molecular complexity index is 299. The molecule has 0 aromatic heterocycles. The summed E-state index contributed by atoms with van der Waals surface area (Å²) in [5.74, 6) is 1.80. The molecule has 2 heteroatoms. The fourth-order valence-corrected chi connectivity index (χ4v) is 4.63. The van der Waals surface area contributed by atoms with Gasteiger partial charge < -0.3 is 5.73 Å². The minimum absolute atomic E-state index is 0.335. The van der Waals surface area contributed by atoms with Gasteiger partial charge in [-0.25, -0.2) is 0 Å². The van der Waals surface area contributed by atoms with Gasteiger partial charge in [0.25, 0.3) is 0 Å². The van der Waals surface area contributed by atoms with Crippen LogP contribution >= 0.6 is 0 Å². The smallest absolute Gasteiger partial charge is 0.0334 e. The number of nitrogens with zero attached hydrogens (tertiary/aromatic N) is 1. The van der Waals surface area contributed by atoms with E-state index in [1.807, 2.05) is 0 Å². The molecule has 2 aliphatic rings. The molecule has 0 spiro atoms. The van der Waals surface area contributed by atoms with E-state index in [0.29, 0.717) is 11.0 Å². The van der Waals surface area contributed by atoms with E-state index in [1.165, 1.54) is 58.0 Å². The third-order valence-corrected chi connectivity index (χ3v) is 6.27. The highest BCUT2D eigenvalue weighted by Crippen LogP contribution is 2.42. The maximum Gasteiger partial charge on any atom is 0.0334 e. The average molecular weight is 281 g/mol. The Morgan fingerprint density at radius 3 is 2.30 bits per heavy atom. The molecule has 20 heavy (non-hydrogen) atoms. The lowest BCUT2D eigenvalue weighted by molar-refractivity contribution is -0.00562. The molecule has 0 aromatic rings. The number of rotatable bonds is 3. The molecule has 1 aliphatic heterocycles. The van der Waals surface area contributed by atoms with Gasteiger partial charge in [0.05, 0.1) is 0 Å². The largest absolute Gasteiger partial charge is 0.329 e. The molecule has 2 unspecified atom stereocenters. The number of hydrogen-bond donors (Lipinski definition) is 1. The van der Waals surface area contributed by atoms with Crippen LogP contribution in [0.15, 0.2) is 0 Å². The van der Waals surface area contributed by atoms with E-state index in [0.717, 1.165) is 18.4 Å². The molecular weight excluding hydrogens is 244 g/mol. The predicted octanol–water partition coefficient (Wildman–Crippen LogP) is 4.04. The van der Waals surface area contributed by atoms with Gasteiger partial charge in [-0.3, -0.25) is 4.90 Å². The van der Waals surface area contributed by atoms with Crippen molar-refractivity contribution in [2.45, 2.75) is 78.2 Å². The van der Waals surface area contributed by atoms with E-state index >= 15 is 0 Å². The Labute approximate surface area is 126 Å². The van der Waals surface area contributed by atoms with Crippen LogP contribution in [-0.4, -0.2) is 30.1 Å². The fourth-order valence-electron chi connectivity index (χ4n) is 4.63. The second-order valence-electron chi connectivity index (χ2n) is 8.43. The van der Waals surface area contributed by atoms with E-state index in [-0.39, 0.29) is 0 Å².